The lowest BCUT2D eigenvalue weighted by atomic mass is 9.87. The van der Waals surface area contributed by atoms with Gasteiger partial charge in [0.2, 0.25) is 0 Å². The molecule has 2 aromatic rings. The molecule has 0 heterocycles. The van der Waals surface area contributed by atoms with E-state index < -0.39 is 5.97 Å². The summed E-state index contributed by atoms with van der Waals surface area (Å²) >= 11 is 0. The fraction of sp³-hybridized carbons (Fsp3) is 0.448. The summed E-state index contributed by atoms with van der Waals surface area (Å²) in [5.41, 5.74) is 14.5. The van der Waals surface area contributed by atoms with Crippen LogP contribution in [0.4, 0.5) is 11.4 Å². The molecule has 0 saturated heterocycles. The van der Waals surface area contributed by atoms with Crippen molar-refractivity contribution >= 4 is 29.4 Å². The Morgan fingerprint density at radius 1 is 0.972 bits per heavy atom. The second kappa shape index (κ2) is 14.3. The van der Waals surface area contributed by atoms with Crippen LogP contribution in [0.1, 0.15) is 63.0 Å². The van der Waals surface area contributed by atoms with Gasteiger partial charge < -0.3 is 25.7 Å². The second-order valence-corrected chi connectivity index (χ2v) is 9.25. The van der Waals surface area contributed by atoms with E-state index in [4.69, 9.17) is 25.7 Å². The van der Waals surface area contributed by atoms with Gasteiger partial charge in [-0.2, -0.15) is 0 Å². The molecule has 3 rings (SSSR count). The van der Waals surface area contributed by atoms with Crippen molar-refractivity contribution in [3.05, 3.63) is 59.7 Å². The maximum atomic E-state index is 12.6. The first-order chi connectivity index (χ1) is 17.4. The van der Waals surface area contributed by atoms with Gasteiger partial charge in [0.05, 0.1) is 18.6 Å². The van der Waals surface area contributed by atoms with E-state index in [1.54, 1.807) is 42.5 Å². The molecule has 4 N–H and O–H groups in total. The lowest BCUT2D eigenvalue weighted by molar-refractivity contribution is -0.141. The van der Waals surface area contributed by atoms with Crippen LogP contribution in [-0.2, 0) is 25.5 Å². The summed E-state index contributed by atoms with van der Waals surface area (Å²) in [6.45, 7) is 3.21. The molecule has 0 aromatic heterocycles. The Morgan fingerprint density at radius 3 is 2.42 bits per heavy atom. The molecule has 0 amide bonds. The molecule has 0 aliphatic heterocycles. The molecule has 1 saturated carbocycles. The van der Waals surface area contributed by atoms with Gasteiger partial charge in [0, 0.05) is 30.5 Å². The van der Waals surface area contributed by atoms with E-state index in [1.165, 1.54) is 18.9 Å². The number of carbonyl (C=O) groups is 2. The van der Waals surface area contributed by atoms with E-state index in [1.807, 2.05) is 6.07 Å². The third-order valence-corrected chi connectivity index (χ3v) is 6.41. The molecule has 1 aliphatic carbocycles. The Kier molecular flexibility index (Phi) is 10.8. The summed E-state index contributed by atoms with van der Waals surface area (Å²) in [6, 6.07) is 12.3. The van der Waals surface area contributed by atoms with Crippen molar-refractivity contribution in [3.63, 3.8) is 0 Å². The van der Waals surface area contributed by atoms with Crippen LogP contribution in [0.15, 0.2) is 48.5 Å². The van der Waals surface area contributed by atoms with Crippen LogP contribution in [0.25, 0.3) is 6.08 Å². The molecule has 0 unspecified atom stereocenters. The van der Waals surface area contributed by atoms with E-state index in [0.717, 1.165) is 49.8 Å². The van der Waals surface area contributed by atoms with Gasteiger partial charge in [0.1, 0.15) is 5.75 Å². The molecule has 1 fully saturated rings. The monoisotopic (exact) mass is 494 g/mol. The number of unbranched alkanes of at least 4 members (excludes halogenated alkanes) is 2. The Hall–Kier alpha value is -3.32. The predicted octanol–water partition coefficient (Wildman–Crippen LogP) is 5.32. The van der Waals surface area contributed by atoms with Crippen LogP contribution < -0.4 is 16.2 Å². The highest BCUT2D eigenvalue weighted by atomic mass is 16.5. The average molecular weight is 495 g/mol. The minimum atomic E-state index is -0.440. The molecular weight excluding hydrogens is 456 g/mol. The first kappa shape index (κ1) is 27.3. The van der Waals surface area contributed by atoms with E-state index in [0.29, 0.717) is 23.5 Å². The normalized spacial score (nSPS) is 17.7. The third kappa shape index (κ3) is 9.04. The van der Waals surface area contributed by atoms with Crippen LogP contribution >= 0.6 is 0 Å². The molecule has 0 bridgehead atoms. The van der Waals surface area contributed by atoms with E-state index in [9.17, 15) is 9.59 Å². The van der Waals surface area contributed by atoms with Gasteiger partial charge >= 0.3 is 11.9 Å². The molecule has 0 spiro atoms. The van der Waals surface area contributed by atoms with Crippen molar-refractivity contribution in [2.24, 2.45) is 5.92 Å². The molecule has 36 heavy (non-hydrogen) atoms. The Labute approximate surface area is 213 Å². The summed E-state index contributed by atoms with van der Waals surface area (Å²) in [6.07, 6.45) is 10.7. The number of carbonyl (C=O) groups excluding carboxylic acids is 2. The number of hydrogen-bond donors (Lipinski definition) is 2. The highest BCUT2D eigenvalue weighted by molar-refractivity contribution is 5.87. The van der Waals surface area contributed by atoms with Crippen molar-refractivity contribution < 1.29 is 23.8 Å². The third-order valence-electron chi connectivity index (χ3n) is 6.41. The van der Waals surface area contributed by atoms with Crippen molar-refractivity contribution in [2.75, 3.05) is 24.7 Å². The Morgan fingerprint density at radius 2 is 1.72 bits per heavy atom. The summed E-state index contributed by atoms with van der Waals surface area (Å²) in [4.78, 5) is 24.6. The molecule has 0 radical (unpaired) electrons. The number of ether oxygens (including phenoxy) is 3. The van der Waals surface area contributed by atoms with Gasteiger partial charge in [-0.15, -0.1) is 0 Å². The van der Waals surface area contributed by atoms with Crippen LogP contribution in [-0.4, -0.2) is 31.3 Å². The Balaban J connectivity index is 1.36. The van der Waals surface area contributed by atoms with E-state index >= 15 is 0 Å². The van der Waals surface area contributed by atoms with Gasteiger partial charge in [0.15, 0.2) is 0 Å². The molecule has 1 aliphatic rings. The molecule has 2 aromatic carbocycles. The molecule has 7 heteroatoms. The standard InChI is InChI=1S/C29H38N2O5/c1-2-3-4-18-34-25-14-9-23(10-15-25)29(33)36-26-12-5-21(6-13-26)7-16-28(32)35-19-17-22-8-11-24(30)20-27(22)31/h5-8,11-13,16,20,23,25H,2-4,9-10,14-15,17-19,30-31H2,1H3/b16-7+. The Bertz CT molecular complexity index is 1010. The highest BCUT2D eigenvalue weighted by Crippen LogP contribution is 2.28. The number of benzene rings is 2. The van der Waals surface area contributed by atoms with Crippen molar-refractivity contribution in [1.29, 1.82) is 0 Å². The van der Waals surface area contributed by atoms with Gasteiger partial charge in [-0.3, -0.25) is 4.79 Å². The van der Waals surface area contributed by atoms with Gasteiger partial charge in [-0.1, -0.05) is 38.0 Å². The largest absolute Gasteiger partial charge is 0.462 e. The van der Waals surface area contributed by atoms with E-state index in [-0.39, 0.29) is 24.6 Å². The number of nitrogens with two attached hydrogens (primary N) is 2. The fourth-order valence-electron chi connectivity index (χ4n) is 4.23. The topological polar surface area (TPSA) is 114 Å². The lowest BCUT2D eigenvalue weighted by Gasteiger charge is -2.27. The van der Waals surface area contributed by atoms with Crippen molar-refractivity contribution in [2.45, 2.75) is 64.4 Å². The van der Waals surface area contributed by atoms with Crippen LogP contribution in [0, 0.1) is 5.92 Å². The maximum Gasteiger partial charge on any atom is 0.330 e. The van der Waals surface area contributed by atoms with Gasteiger partial charge in [-0.05, 0) is 73.6 Å². The van der Waals surface area contributed by atoms with Gasteiger partial charge in [-0.25, -0.2) is 4.79 Å². The number of esters is 2. The number of rotatable bonds is 12. The van der Waals surface area contributed by atoms with Crippen LogP contribution in [0.3, 0.4) is 0 Å². The number of anilines is 2. The van der Waals surface area contributed by atoms with Crippen molar-refractivity contribution in [1.82, 2.24) is 0 Å². The van der Waals surface area contributed by atoms with Crippen LogP contribution in [0.2, 0.25) is 0 Å². The lowest BCUT2D eigenvalue weighted by Crippen LogP contribution is -2.29. The zero-order valence-corrected chi connectivity index (χ0v) is 21.1. The van der Waals surface area contributed by atoms with Gasteiger partial charge in [0.25, 0.3) is 0 Å². The zero-order chi connectivity index (χ0) is 25.8. The second-order valence-electron chi connectivity index (χ2n) is 9.25. The smallest absolute Gasteiger partial charge is 0.330 e. The molecular formula is C29H38N2O5. The minimum absolute atomic E-state index is 0.0848. The summed E-state index contributed by atoms with van der Waals surface area (Å²) in [5.74, 6) is -0.213. The average Bonchev–Trinajstić information content (AvgIpc) is 2.88. The highest BCUT2D eigenvalue weighted by Gasteiger charge is 2.28. The maximum absolute atomic E-state index is 12.6. The number of nitrogen functional groups attached to an aromatic ring is 2. The summed E-state index contributed by atoms with van der Waals surface area (Å²) in [5, 5.41) is 0. The summed E-state index contributed by atoms with van der Waals surface area (Å²) in [7, 11) is 0. The SMILES string of the molecule is CCCCCOC1CCC(C(=O)Oc2ccc(/C=C/C(=O)OCCc3ccc(N)cc3N)cc2)CC1. The van der Waals surface area contributed by atoms with E-state index in [2.05, 4.69) is 6.92 Å². The quantitative estimate of drug-likeness (QED) is 0.135. The minimum Gasteiger partial charge on any atom is -0.462 e. The number of hydrogen-bond acceptors (Lipinski definition) is 7. The molecule has 0 atom stereocenters. The summed E-state index contributed by atoms with van der Waals surface area (Å²) < 4.78 is 16.8. The zero-order valence-electron chi connectivity index (χ0n) is 21.1. The predicted molar refractivity (Wildman–Crippen MR) is 142 cm³/mol. The first-order valence-electron chi connectivity index (χ1n) is 12.9. The van der Waals surface area contributed by atoms with Crippen LogP contribution in [0.5, 0.6) is 5.75 Å². The van der Waals surface area contributed by atoms with Crippen molar-refractivity contribution in [3.8, 4) is 5.75 Å². The first-order valence-corrected chi connectivity index (χ1v) is 12.9. The molecule has 7 nitrogen and oxygen atoms in total. The fourth-order valence-corrected chi connectivity index (χ4v) is 4.23. The molecule has 194 valence electrons.